The standard InChI is InChI=1S/C13H14BrFN2O3/c14-9-3-2-8(6-10(9)15)17-12(19)11(18)16-7-13(20)4-1-5-13/h2-3,6,20H,1,4-5,7H2,(H,16,18)(H,17,19). The summed E-state index contributed by atoms with van der Waals surface area (Å²) in [6, 6.07) is 4.01. The fourth-order valence-electron chi connectivity index (χ4n) is 1.85. The molecule has 0 aromatic heterocycles. The fourth-order valence-corrected chi connectivity index (χ4v) is 2.10. The Morgan fingerprint density at radius 2 is 2.05 bits per heavy atom. The van der Waals surface area contributed by atoms with E-state index in [1.807, 2.05) is 0 Å². The Labute approximate surface area is 123 Å². The second kappa shape index (κ2) is 5.88. The van der Waals surface area contributed by atoms with Crippen molar-refractivity contribution in [1.82, 2.24) is 5.32 Å². The van der Waals surface area contributed by atoms with Crippen molar-refractivity contribution < 1.29 is 19.1 Å². The normalized spacial score (nSPS) is 16.1. The number of carbonyl (C=O) groups is 2. The molecule has 5 nitrogen and oxygen atoms in total. The van der Waals surface area contributed by atoms with Crippen molar-refractivity contribution >= 4 is 33.4 Å². The molecule has 1 aromatic rings. The van der Waals surface area contributed by atoms with Crippen molar-refractivity contribution in [3.63, 3.8) is 0 Å². The lowest BCUT2D eigenvalue weighted by atomic mass is 9.80. The third kappa shape index (κ3) is 3.55. The molecule has 3 N–H and O–H groups in total. The molecule has 0 saturated heterocycles. The Balaban J connectivity index is 1.87. The fraction of sp³-hybridized carbons (Fsp3) is 0.385. The molecule has 1 aliphatic carbocycles. The summed E-state index contributed by atoms with van der Waals surface area (Å²) in [7, 11) is 0. The Bertz CT molecular complexity index is 546. The summed E-state index contributed by atoms with van der Waals surface area (Å²) < 4.78 is 13.5. The summed E-state index contributed by atoms with van der Waals surface area (Å²) in [5.41, 5.74) is -0.701. The highest BCUT2D eigenvalue weighted by Crippen LogP contribution is 2.30. The van der Waals surface area contributed by atoms with E-state index in [9.17, 15) is 19.1 Å². The third-order valence-electron chi connectivity index (χ3n) is 3.25. The number of rotatable bonds is 3. The Morgan fingerprint density at radius 1 is 1.35 bits per heavy atom. The van der Waals surface area contributed by atoms with Gasteiger partial charge in [0.25, 0.3) is 0 Å². The van der Waals surface area contributed by atoms with Gasteiger partial charge in [-0.25, -0.2) is 4.39 Å². The minimum absolute atomic E-state index is 0.0496. The number of nitrogens with one attached hydrogen (secondary N) is 2. The summed E-state index contributed by atoms with van der Waals surface area (Å²) in [5, 5.41) is 14.5. The molecule has 0 aliphatic heterocycles. The predicted octanol–water partition coefficient (Wildman–Crippen LogP) is 1.56. The number of halogens is 2. The van der Waals surface area contributed by atoms with Crippen LogP contribution in [0.2, 0.25) is 0 Å². The van der Waals surface area contributed by atoms with Crippen LogP contribution in [0.3, 0.4) is 0 Å². The molecule has 2 amide bonds. The first-order valence-corrected chi connectivity index (χ1v) is 6.96. The van der Waals surface area contributed by atoms with E-state index in [0.29, 0.717) is 12.8 Å². The van der Waals surface area contributed by atoms with Gasteiger partial charge in [-0.3, -0.25) is 9.59 Å². The second-order valence-corrected chi connectivity index (χ2v) is 5.70. The number of hydrogen-bond acceptors (Lipinski definition) is 3. The lowest BCUT2D eigenvalue weighted by Crippen LogP contribution is -2.49. The minimum atomic E-state index is -0.894. The Hall–Kier alpha value is -1.47. The van der Waals surface area contributed by atoms with Crippen LogP contribution in [0.4, 0.5) is 10.1 Å². The van der Waals surface area contributed by atoms with Crippen LogP contribution < -0.4 is 10.6 Å². The molecule has 0 heterocycles. The Morgan fingerprint density at radius 3 is 2.60 bits per heavy atom. The molecule has 1 saturated carbocycles. The van der Waals surface area contributed by atoms with Gasteiger partial charge >= 0.3 is 11.8 Å². The summed E-state index contributed by atoms with van der Waals surface area (Å²) in [6.07, 6.45) is 2.15. The van der Waals surface area contributed by atoms with Crippen molar-refractivity contribution in [2.24, 2.45) is 0 Å². The van der Waals surface area contributed by atoms with Gasteiger partial charge in [0.05, 0.1) is 10.1 Å². The molecular weight excluding hydrogens is 331 g/mol. The van der Waals surface area contributed by atoms with E-state index in [4.69, 9.17) is 0 Å². The summed E-state index contributed by atoms with van der Waals surface area (Å²) >= 11 is 2.99. The van der Waals surface area contributed by atoms with Crippen molar-refractivity contribution in [1.29, 1.82) is 0 Å². The van der Waals surface area contributed by atoms with E-state index in [-0.39, 0.29) is 16.7 Å². The quantitative estimate of drug-likeness (QED) is 0.728. The van der Waals surface area contributed by atoms with Gasteiger partial charge in [0, 0.05) is 12.2 Å². The van der Waals surface area contributed by atoms with E-state index < -0.39 is 23.2 Å². The molecular formula is C13H14BrFN2O3. The van der Waals surface area contributed by atoms with Gasteiger partial charge in [-0.05, 0) is 53.4 Å². The summed E-state index contributed by atoms with van der Waals surface area (Å²) in [4.78, 5) is 23.1. The molecule has 20 heavy (non-hydrogen) atoms. The van der Waals surface area contributed by atoms with Crippen molar-refractivity contribution in [2.45, 2.75) is 24.9 Å². The first kappa shape index (κ1) is 14.9. The maximum Gasteiger partial charge on any atom is 0.313 e. The Kier molecular flexibility index (Phi) is 4.39. The zero-order valence-corrected chi connectivity index (χ0v) is 12.2. The van der Waals surface area contributed by atoms with Crippen LogP contribution >= 0.6 is 15.9 Å². The van der Waals surface area contributed by atoms with Crippen LogP contribution in [0, 0.1) is 5.82 Å². The number of anilines is 1. The van der Waals surface area contributed by atoms with E-state index >= 15 is 0 Å². The number of aliphatic hydroxyl groups is 1. The molecule has 0 unspecified atom stereocenters. The molecule has 1 fully saturated rings. The van der Waals surface area contributed by atoms with Crippen molar-refractivity contribution in [2.75, 3.05) is 11.9 Å². The summed E-state index contributed by atoms with van der Waals surface area (Å²) in [5.74, 6) is -2.28. The molecule has 1 aromatic carbocycles. The molecule has 1 aliphatic rings. The maximum absolute atomic E-state index is 13.3. The van der Waals surface area contributed by atoms with E-state index in [0.717, 1.165) is 12.5 Å². The molecule has 7 heteroatoms. The van der Waals surface area contributed by atoms with Crippen LogP contribution in [-0.4, -0.2) is 29.1 Å². The highest BCUT2D eigenvalue weighted by atomic mass is 79.9. The number of hydrogen-bond donors (Lipinski definition) is 3. The van der Waals surface area contributed by atoms with Gasteiger partial charge in [0.2, 0.25) is 0 Å². The van der Waals surface area contributed by atoms with E-state index in [1.54, 1.807) is 0 Å². The average Bonchev–Trinajstić information content (AvgIpc) is 2.38. The molecule has 0 atom stereocenters. The van der Waals surface area contributed by atoms with Crippen LogP contribution in [0.25, 0.3) is 0 Å². The average molecular weight is 345 g/mol. The number of carbonyl (C=O) groups excluding carboxylic acids is 2. The van der Waals surface area contributed by atoms with Gasteiger partial charge in [0.1, 0.15) is 5.82 Å². The smallest absolute Gasteiger partial charge is 0.313 e. The highest BCUT2D eigenvalue weighted by molar-refractivity contribution is 9.10. The first-order valence-electron chi connectivity index (χ1n) is 6.16. The van der Waals surface area contributed by atoms with Crippen LogP contribution in [-0.2, 0) is 9.59 Å². The van der Waals surface area contributed by atoms with Crippen LogP contribution in [0.5, 0.6) is 0 Å². The largest absolute Gasteiger partial charge is 0.388 e. The highest BCUT2D eigenvalue weighted by Gasteiger charge is 2.35. The van der Waals surface area contributed by atoms with E-state index in [2.05, 4.69) is 26.6 Å². The number of amides is 2. The van der Waals surface area contributed by atoms with Crippen molar-refractivity contribution in [3.05, 3.63) is 28.5 Å². The minimum Gasteiger partial charge on any atom is -0.388 e. The predicted molar refractivity (Wildman–Crippen MR) is 74.5 cm³/mol. The van der Waals surface area contributed by atoms with Crippen LogP contribution in [0.1, 0.15) is 19.3 Å². The SMILES string of the molecule is O=C(NCC1(O)CCC1)C(=O)Nc1ccc(Br)c(F)c1. The van der Waals surface area contributed by atoms with Crippen molar-refractivity contribution in [3.8, 4) is 0 Å². The zero-order chi connectivity index (χ0) is 14.8. The van der Waals surface area contributed by atoms with Gasteiger partial charge in [-0.1, -0.05) is 0 Å². The summed E-state index contributed by atoms with van der Waals surface area (Å²) in [6.45, 7) is 0.0496. The molecule has 0 bridgehead atoms. The zero-order valence-electron chi connectivity index (χ0n) is 10.6. The van der Waals surface area contributed by atoms with Gasteiger partial charge in [0.15, 0.2) is 0 Å². The maximum atomic E-state index is 13.3. The van der Waals surface area contributed by atoms with E-state index in [1.165, 1.54) is 12.1 Å². The molecule has 2 rings (SSSR count). The molecule has 0 radical (unpaired) electrons. The second-order valence-electron chi connectivity index (χ2n) is 4.84. The van der Waals surface area contributed by atoms with Gasteiger partial charge in [-0.2, -0.15) is 0 Å². The topological polar surface area (TPSA) is 78.4 Å². The van der Waals surface area contributed by atoms with Gasteiger partial charge < -0.3 is 15.7 Å². The lowest BCUT2D eigenvalue weighted by molar-refractivity contribution is -0.137. The van der Waals surface area contributed by atoms with Crippen LogP contribution in [0.15, 0.2) is 22.7 Å². The monoisotopic (exact) mass is 344 g/mol. The molecule has 108 valence electrons. The first-order chi connectivity index (χ1) is 9.39. The lowest BCUT2D eigenvalue weighted by Gasteiger charge is -2.36. The molecule has 0 spiro atoms. The third-order valence-corrected chi connectivity index (χ3v) is 3.89. The number of benzene rings is 1. The van der Waals surface area contributed by atoms with Gasteiger partial charge in [-0.15, -0.1) is 0 Å².